The summed E-state index contributed by atoms with van der Waals surface area (Å²) in [6, 6.07) is 4.04. The Hall–Kier alpha value is -1.13. The van der Waals surface area contributed by atoms with Crippen LogP contribution in [0.25, 0.3) is 0 Å². The normalized spacial score (nSPS) is 22.8. The highest BCUT2D eigenvalue weighted by Gasteiger charge is 2.27. The zero-order chi connectivity index (χ0) is 14.5. The highest BCUT2D eigenvalue weighted by molar-refractivity contribution is 5.43. The maximum Gasteiger partial charge on any atom is 0.129 e. The van der Waals surface area contributed by atoms with Gasteiger partial charge < -0.3 is 15.1 Å². The zero-order valence-corrected chi connectivity index (χ0v) is 12.5. The number of aliphatic hydroxyl groups excluding tert-OH is 2. The predicted octanol–water partition coefficient (Wildman–Crippen LogP) is 2.27. The van der Waals surface area contributed by atoms with Gasteiger partial charge in [0.25, 0.3) is 0 Å². The molecule has 1 aliphatic rings. The largest absolute Gasteiger partial charge is 0.392 e. The first-order valence-electron chi connectivity index (χ1n) is 7.67. The van der Waals surface area contributed by atoms with E-state index in [0.717, 1.165) is 55.6 Å². The Balaban J connectivity index is 2.23. The fraction of sp³-hybridized carbons (Fsp3) is 0.688. The first-order chi connectivity index (χ1) is 9.65. The van der Waals surface area contributed by atoms with Gasteiger partial charge >= 0.3 is 0 Å². The molecule has 112 valence electrons. The Kier molecular flexibility index (Phi) is 5.38. The Morgan fingerprint density at radius 2 is 2.05 bits per heavy atom. The minimum absolute atomic E-state index is 0.0350. The van der Waals surface area contributed by atoms with Gasteiger partial charge in [-0.25, -0.2) is 4.98 Å². The standard InChI is InChI=1S/C16H26N2O2/c1-3-6-13-9-12(11-19)10-16(17-13)18(2)14-7-4-5-8-15(14)20/h9-10,14-15,19-20H,3-8,11H2,1-2H3. The Labute approximate surface area is 121 Å². The van der Waals surface area contributed by atoms with E-state index in [2.05, 4.69) is 16.8 Å². The smallest absolute Gasteiger partial charge is 0.129 e. The summed E-state index contributed by atoms with van der Waals surface area (Å²) >= 11 is 0. The van der Waals surface area contributed by atoms with Gasteiger partial charge in [-0.15, -0.1) is 0 Å². The zero-order valence-electron chi connectivity index (χ0n) is 12.5. The average molecular weight is 278 g/mol. The number of aliphatic hydroxyl groups is 2. The van der Waals surface area contributed by atoms with Gasteiger partial charge in [0.15, 0.2) is 0 Å². The topological polar surface area (TPSA) is 56.6 Å². The Morgan fingerprint density at radius 1 is 1.30 bits per heavy atom. The Bertz CT molecular complexity index is 436. The third-order valence-electron chi connectivity index (χ3n) is 4.17. The highest BCUT2D eigenvalue weighted by atomic mass is 16.3. The van der Waals surface area contributed by atoms with Crippen molar-refractivity contribution >= 4 is 5.82 Å². The predicted molar refractivity (Wildman–Crippen MR) is 80.8 cm³/mol. The average Bonchev–Trinajstić information content (AvgIpc) is 2.47. The van der Waals surface area contributed by atoms with Crippen LogP contribution in [0.4, 0.5) is 5.82 Å². The second-order valence-corrected chi connectivity index (χ2v) is 5.76. The van der Waals surface area contributed by atoms with Crippen LogP contribution in [0, 0.1) is 0 Å². The van der Waals surface area contributed by atoms with Gasteiger partial charge in [0.05, 0.1) is 18.8 Å². The first-order valence-corrected chi connectivity index (χ1v) is 7.67. The molecule has 0 saturated heterocycles. The number of anilines is 1. The molecular weight excluding hydrogens is 252 g/mol. The highest BCUT2D eigenvalue weighted by Crippen LogP contribution is 2.26. The molecule has 20 heavy (non-hydrogen) atoms. The van der Waals surface area contributed by atoms with E-state index in [-0.39, 0.29) is 18.8 Å². The van der Waals surface area contributed by atoms with Crippen molar-refractivity contribution < 1.29 is 10.2 Å². The van der Waals surface area contributed by atoms with Gasteiger partial charge in [-0.3, -0.25) is 0 Å². The molecule has 2 rings (SSSR count). The molecule has 1 fully saturated rings. The fourth-order valence-electron chi connectivity index (χ4n) is 3.00. The Morgan fingerprint density at radius 3 is 2.70 bits per heavy atom. The molecule has 1 saturated carbocycles. The second kappa shape index (κ2) is 7.04. The third-order valence-corrected chi connectivity index (χ3v) is 4.17. The van der Waals surface area contributed by atoms with Crippen LogP contribution in [0.3, 0.4) is 0 Å². The quantitative estimate of drug-likeness (QED) is 0.867. The van der Waals surface area contributed by atoms with Gasteiger partial charge in [-0.1, -0.05) is 26.2 Å². The first kappa shape index (κ1) is 15.3. The molecule has 4 nitrogen and oxygen atoms in total. The third kappa shape index (κ3) is 3.49. The molecule has 0 aliphatic heterocycles. The summed E-state index contributed by atoms with van der Waals surface area (Å²) in [5.41, 5.74) is 1.92. The summed E-state index contributed by atoms with van der Waals surface area (Å²) in [5, 5.41) is 19.6. The summed E-state index contributed by atoms with van der Waals surface area (Å²) < 4.78 is 0. The molecular formula is C16H26N2O2. The fourth-order valence-corrected chi connectivity index (χ4v) is 3.00. The van der Waals surface area contributed by atoms with Crippen LogP contribution in [0.1, 0.15) is 50.3 Å². The van der Waals surface area contributed by atoms with Gasteiger partial charge in [-0.2, -0.15) is 0 Å². The van der Waals surface area contributed by atoms with Crippen molar-refractivity contribution in [2.24, 2.45) is 0 Å². The van der Waals surface area contributed by atoms with E-state index in [1.54, 1.807) is 0 Å². The van der Waals surface area contributed by atoms with E-state index in [0.29, 0.717) is 0 Å². The molecule has 1 aromatic rings. The van der Waals surface area contributed by atoms with E-state index in [1.807, 2.05) is 19.2 Å². The van der Waals surface area contributed by atoms with Gasteiger partial charge in [0.1, 0.15) is 5.82 Å². The number of hydrogen-bond acceptors (Lipinski definition) is 4. The lowest BCUT2D eigenvalue weighted by molar-refractivity contribution is 0.106. The van der Waals surface area contributed by atoms with Crippen molar-refractivity contribution in [1.29, 1.82) is 0 Å². The number of nitrogens with zero attached hydrogens (tertiary/aromatic N) is 2. The maximum atomic E-state index is 10.2. The van der Waals surface area contributed by atoms with E-state index >= 15 is 0 Å². The molecule has 0 aromatic carbocycles. The molecule has 0 spiro atoms. The number of likely N-dealkylation sites (N-methyl/N-ethyl adjacent to an activating group) is 1. The van der Waals surface area contributed by atoms with E-state index in [1.165, 1.54) is 0 Å². The number of pyridine rings is 1. The monoisotopic (exact) mass is 278 g/mol. The molecule has 0 bridgehead atoms. The second-order valence-electron chi connectivity index (χ2n) is 5.76. The van der Waals surface area contributed by atoms with Crippen molar-refractivity contribution in [1.82, 2.24) is 4.98 Å². The molecule has 0 radical (unpaired) electrons. The molecule has 1 heterocycles. The van der Waals surface area contributed by atoms with E-state index in [9.17, 15) is 10.2 Å². The van der Waals surface area contributed by atoms with Crippen LogP contribution in [-0.2, 0) is 13.0 Å². The summed E-state index contributed by atoms with van der Waals surface area (Å²) in [7, 11) is 2.00. The summed E-state index contributed by atoms with van der Waals surface area (Å²) in [6.07, 6.45) is 5.83. The molecule has 1 aromatic heterocycles. The molecule has 0 amide bonds. The molecule has 1 aliphatic carbocycles. The molecule has 2 unspecified atom stereocenters. The number of aryl methyl sites for hydroxylation is 1. The molecule has 2 N–H and O–H groups in total. The number of hydrogen-bond donors (Lipinski definition) is 2. The summed E-state index contributed by atoms with van der Waals surface area (Å²) in [4.78, 5) is 6.77. The summed E-state index contributed by atoms with van der Waals surface area (Å²) in [6.45, 7) is 2.16. The van der Waals surface area contributed by atoms with Crippen molar-refractivity contribution in [3.8, 4) is 0 Å². The lowest BCUT2D eigenvalue weighted by atomic mass is 9.91. The van der Waals surface area contributed by atoms with Crippen LogP contribution in [0.2, 0.25) is 0 Å². The van der Waals surface area contributed by atoms with Crippen LogP contribution in [0.5, 0.6) is 0 Å². The maximum absolute atomic E-state index is 10.2. The lowest BCUT2D eigenvalue weighted by Gasteiger charge is -2.36. The summed E-state index contributed by atoms with van der Waals surface area (Å²) in [5.74, 6) is 0.867. The van der Waals surface area contributed by atoms with Crippen molar-refractivity contribution in [3.05, 3.63) is 23.4 Å². The van der Waals surface area contributed by atoms with Crippen molar-refractivity contribution in [3.63, 3.8) is 0 Å². The number of rotatable bonds is 5. The molecule has 2 atom stereocenters. The molecule has 4 heteroatoms. The van der Waals surface area contributed by atoms with Gasteiger partial charge in [0, 0.05) is 12.7 Å². The van der Waals surface area contributed by atoms with E-state index < -0.39 is 0 Å². The van der Waals surface area contributed by atoms with Crippen LogP contribution >= 0.6 is 0 Å². The van der Waals surface area contributed by atoms with Gasteiger partial charge in [0.2, 0.25) is 0 Å². The van der Waals surface area contributed by atoms with Crippen LogP contribution in [-0.4, -0.2) is 34.4 Å². The minimum atomic E-state index is -0.275. The SMILES string of the molecule is CCCc1cc(CO)cc(N(C)C2CCCCC2O)n1. The van der Waals surface area contributed by atoms with Crippen LogP contribution < -0.4 is 4.90 Å². The van der Waals surface area contributed by atoms with E-state index in [4.69, 9.17) is 0 Å². The number of aromatic nitrogens is 1. The minimum Gasteiger partial charge on any atom is -0.392 e. The van der Waals surface area contributed by atoms with Crippen molar-refractivity contribution in [2.75, 3.05) is 11.9 Å². The van der Waals surface area contributed by atoms with Crippen LogP contribution in [0.15, 0.2) is 12.1 Å². The lowest BCUT2D eigenvalue weighted by Crippen LogP contribution is -2.43. The van der Waals surface area contributed by atoms with Gasteiger partial charge in [-0.05, 0) is 37.0 Å². The van der Waals surface area contributed by atoms with Crippen molar-refractivity contribution in [2.45, 2.75) is 64.2 Å².